The lowest BCUT2D eigenvalue weighted by molar-refractivity contribution is -0.146. The Morgan fingerprint density at radius 2 is 0.535 bits per heavy atom. The number of alkyl halides is 1. The van der Waals surface area contributed by atoms with Crippen molar-refractivity contribution in [3.05, 3.63) is 0 Å². The standard InChI is InChI=1S/C10H21N.C9H20N2.C9H19N.C8H16FN.2C8H15NO.2C8H17N.C7H13NO.C6H13N.5CH4/c1-9-5-7-11(8-6-9)10(2,3)4;1-9(2,3)11-7-5-10(4)6-8-11;1-9(2,3)10-7-5-4-6-8-10;1-7(2,3)10-5-8(4,9)6-10;2*1-8(2,3)9-6-4-5-7(9)10;1-7-5-9(6-7)8(2,3)4;1-8(2,3)9-6-4-5-7-9;1-7(2,3)8-5-4-6(8)9;1-6(2,3)7-4-5-7;;;;;/h9H,5-8H2,1-4H3;5-8H2,1-4H3;4-8H2,1-3H3;5-6H2,1-4H3;2*4-6H2,1-3H3;7H,5-6H2,1-4H3;4-7H2,1-3H3;4-5H2,1-3H3;4-5H2,1-3H3;5*1H4. The first-order valence-electron chi connectivity index (χ1n) is 38.7. The molecule has 101 heavy (non-hydrogen) atoms. The van der Waals surface area contributed by atoms with Gasteiger partial charge in [-0.15, -0.1) is 0 Å². The minimum absolute atomic E-state index is 0. The van der Waals surface area contributed by atoms with Crippen LogP contribution in [0.5, 0.6) is 0 Å². The van der Waals surface area contributed by atoms with Crippen molar-refractivity contribution < 1.29 is 18.8 Å². The topological polar surface area (TPSA) is 86.6 Å². The normalized spacial score (nSPS) is 21.7. The third-order valence-electron chi connectivity index (χ3n) is 20.4. The first-order chi connectivity index (χ1) is 43.2. The molecule has 0 aliphatic carbocycles. The summed E-state index contributed by atoms with van der Waals surface area (Å²) >= 11 is 0. The molecule has 15 heteroatoms. The minimum Gasteiger partial charge on any atom is -0.338 e. The van der Waals surface area contributed by atoms with E-state index in [1.165, 1.54) is 137 Å². The largest absolute Gasteiger partial charge is 0.338 e. The molecule has 10 aliphatic heterocycles. The minimum atomic E-state index is -0.923. The molecule has 0 saturated carbocycles. The quantitative estimate of drug-likeness (QED) is 0.172. The molecule has 610 valence electrons. The lowest BCUT2D eigenvalue weighted by Crippen LogP contribution is -2.63. The lowest BCUT2D eigenvalue weighted by Gasteiger charge is -2.49. The Kier molecular flexibility index (Phi) is 48.1. The molecule has 0 aromatic carbocycles. The number of β-lactam (4-membered cyclic amide) rings is 1. The van der Waals surface area contributed by atoms with E-state index in [9.17, 15) is 18.8 Å². The molecular weight excluding hydrogens is 1250 g/mol. The highest BCUT2D eigenvalue weighted by Gasteiger charge is 2.44. The second-order valence-electron chi connectivity index (χ2n) is 40.3. The van der Waals surface area contributed by atoms with Gasteiger partial charge < -0.3 is 19.6 Å². The number of amides is 3. The number of piperazine rings is 1. The molecule has 10 aliphatic rings. The summed E-state index contributed by atoms with van der Waals surface area (Å²) < 4.78 is 12.9. The highest BCUT2D eigenvalue weighted by Crippen LogP contribution is 2.32. The Bertz CT molecular complexity index is 2090. The van der Waals surface area contributed by atoms with Crippen LogP contribution in [0.15, 0.2) is 0 Å². The molecule has 0 spiro atoms. The predicted octanol–water partition coefficient (Wildman–Crippen LogP) is 19.4. The number of carbonyl (C=O) groups excluding carboxylic acids is 3. The van der Waals surface area contributed by atoms with E-state index in [1.54, 1.807) is 6.92 Å². The summed E-state index contributed by atoms with van der Waals surface area (Å²) in [7, 11) is 2.19. The summed E-state index contributed by atoms with van der Waals surface area (Å²) in [4.78, 5) is 58.6. The third-order valence-corrected chi connectivity index (χ3v) is 20.4. The molecule has 0 radical (unpaired) electrons. The second kappa shape index (κ2) is 45.1. The van der Waals surface area contributed by atoms with Crippen molar-refractivity contribution >= 4 is 17.7 Å². The van der Waals surface area contributed by atoms with Gasteiger partial charge in [0.2, 0.25) is 17.7 Å². The lowest BCUT2D eigenvalue weighted by atomic mass is 9.92. The van der Waals surface area contributed by atoms with Crippen LogP contribution in [0, 0.1) is 11.8 Å². The summed E-state index contributed by atoms with van der Waals surface area (Å²) in [6.07, 6.45) is 14.1. The fourth-order valence-electron chi connectivity index (χ4n) is 13.0. The molecule has 10 saturated heterocycles. The SMILES string of the molecule is C.C.C.C.C.CC(C)(C)N1CC1.CC(C)(C)N1CCC1=O.CC(C)(C)N1CCCC1.CC(C)(C)N1CCCC1=O.CC(C)(C)N1CCCC1=O.CC(C)(C)N1CCCCC1.CC1(F)CN(C(C)(C)C)C1.CC1CCN(C(C)(C)C)CC1.CC1CN(C(C)(C)C)C1.CN1CCN(C(C)(C)C)CC1. The summed E-state index contributed by atoms with van der Waals surface area (Å²) in [5.74, 6) is 2.81. The Morgan fingerprint density at radius 1 is 0.287 bits per heavy atom. The third kappa shape index (κ3) is 44.2. The van der Waals surface area contributed by atoms with Crippen molar-refractivity contribution in [3.8, 4) is 0 Å². The highest BCUT2D eigenvalue weighted by atomic mass is 19.1. The van der Waals surface area contributed by atoms with Crippen LogP contribution in [0.2, 0.25) is 0 Å². The van der Waals surface area contributed by atoms with Crippen molar-refractivity contribution in [2.24, 2.45) is 11.8 Å². The molecule has 0 unspecified atom stereocenters. The second-order valence-corrected chi connectivity index (χ2v) is 40.3. The van der Waals surface area contributed by atoms with Crippen LogP contribution in [-0.4, -0.2) is 264 Å². The fraction of sp³-hybridized carbons (Fsp3) is 0.965. The number of hydrogen-bond acceptors (Lipinski definition) is 11. The average Bonchev–Trinajstić information content (AvgIpc) is 1.74. The summed E-state index contributed by atoms with van der Waals surface area (Å²) in [6.45, 7) is 94.4. The van der Waals surface area contributed by atoms with E-state index in [-0.39, 0.29) is 59.3 Å². The van der Waals surface area contributed by atoms with E-state index in [1.807, 2.05) is 14.7 Å². The van der Waals surface area contributed by atoms with E-state index in [4.69, 9.17) is 0 Å². The van der Waals surface area contributed by atoms with Gasteiger partial charge in [-0.05, 0) is 324 Å². The summed E-state index contributed by atoms with van der Waals surface area (Å²) in [6, 6.07) is 0. The molecule has 0 bridgehead atoms. The van der Waals surface area contributed by atoms with E-state index in [0.717, 1.165) is 63.6 Å². The number of hydrogen-bond donors (Lipinski definition) is 0. The van der Waals surface area contributed by atoms with Crippen molar-refractivity contribution in [2.75, 3.05) is 131 Å². The van der Waals surface area contributed by atoms with Crippen LogP contribution in [0.25, 0.3) is 0 Å². The van der Waals surface area contributed by atoms with Gasteiger partial charge in [0.05, 0.1) is 0 Å². The predicted molar refractivity (Wildman–Crippen MR) is 448 cm³/mol. The molecule has 0 atom stereocenters. The zero-order chi connectivity index (χ0) is 74.7. The maximum absolute atomic E-state index is 12.9. The van der Waals surface area contributed by atoms with Gasteiger partial charge in [-0.1, -0.05) is 57.4 Å². The van der Waals surface area contributed by atoms with Crippen molar-refractivity contribution in [2.45, 2.75) is 404 Å². The van der Waals surface area contributed by atoms with Gasteiger partial charge in [0.15, 0.2) is 0 Å². The van der Waals surface area contributed by atoms with Crippen LogP contribution in [-0.2, 0) is 14.4 Å². The van der Waals surface area contributed by atoms with Crippen LogP contribution in [0.1, 0.15) is 343 Å². The monoisotopic (exact) mass is 1440 g/mol. The maximum Gasteiger partial charge on any atom is 0.224 e. The first-order valence-corrected chi connectivity index (χ1v) is 38.7. The van der Waals surface area contributed by atoms with Gasteiger partial charge in [0.1, 0.15) is 5.67 Å². The Balaban J connectivity index is -0.000000337. The molecular formula is C86H186FN11O3. The fourth-order valence-corrected chi connectivity index (χ4v) is 13.0. The van der Waals surface area contributed by atoms with Crippen LogP contribution < -0.4 is 0 Å². The van der Waals surface area contributed by atoms with Gasteiger partial charge in [-0.25, -0.2) is 4.39 Å². The maximum atomic E-state index is 12.9. The van der Waals surface area contributed by atoms with Crippen molar-refractivity contribution in [1.82, 2.24) is 53.9 Å². The Morgan fingerprint density at radius 3 is 0.693 bits per heavy atom. The number of halogens is 1. The summed E-state index contributed by atoms with van der Waals surface area (Å²) in [5, 5.41) is 0. The van der Waals surface area contributed by atoms with Gasteiger partial charge >= 0.3 is 0 Å². The number of nitrogens with zero attached hydrogens (tertiary/aromatic N) is 11. The zero-order valence-corrected chi connectivity index (χ0v) is 70.6. The van der Waals surface area contributed by atoms with Gasteiger partial charge in [0.25, 0.3) is 0 Å². The molecule has 3 amide bonds. The van der Waals surface area contributed by atoms with E-state index < -0.39 is 5.67 Å². The van der Waals surface area contributed by atoms with E-state index >= 15 is 0 Å². The van der Waals surface area contributed by atoms with E-state index in [2.05, 4.69) is 268 Å². The van der Waals surface area contributed by atoms with Gasteiger partial charge in [-0.2, -0.15) is 0 Å². The molecule has 10 rings (SSSR count). The smallest absolute Gasteiger partial charge is 0.224 e. The van der Waals surface area contributed by atoms with E-state index in [0.29, 0.717) is 64.0 Å². The number of carbonyl (C=O) groups is 3. The highest BCUT2D eigenvalue weighted by molar-refractivity contribution is 5.82. The average molecular weight is 1440 g/mol. The Labute approximate surface area is 634 Å². The first kappa shape index (κ1) is 108. The van der Waals surface area contributed by atoms with Crippen molar-refractivity contribution in [1.29, 1.82) is 0 Å². The zero-order valence-electron chi connectivity index (χ0n) is 70.6. The molecule has 0 N–H and O–H groups in total. The van der Waals surface area contributed by atoms with Crippen LogP contribution in [0.3, 0.4) is 0 Å². The number of likely N-dealkylation sites (N-methyl/N-ethyl adjacent to an activating group) is 1. The molecule has 10 fully saturated rings. The Hall–Kier alpha value is -1.98. The molecule has 14 nitrogen and oxygen atoms in total. The number of piperidine rings is 2. The van der Waals surface area contributed by atoms with Crippen molar-refractivity contribution in [3.63, 3.8) is 0 Å². The number of rotatable bonds is 0. The molecule has 0 aromatic rings. The van der Waals surface area contributed by atoms with Gasteiger partial charge in [-0.3, -0.25) is 48.7 Å². The molecule has 0 aromatic heterocycles. The summed E-state index contributed by atoms with van der Waals surface area (Å²) in [5.41, 5.74) is 1.76. The van der Waals surface area contributed by atoms with Gasteiger partial charge in [0, 0.05) is 160 Å². The molecule has 10 heterocycles. The van der Waals surface area contributed by atoms with Crippen LogP contribution in [0.4, 0.5) is 4.39 Å². The van der Waals surface area contributed by atoms with Crippen LogP contribution >= 0.6 is 0 Å². The number of likely N-dealkylation sites (tertiary alicyclic amines) is 8.